The van der Waals surface area contributed by atoms with E-state index in [1.54, 1.807) is 29.2 Å². The minimum atomic E-state index is -0.0870. The lowest BCUT2D eigenvalue weighted by atomic mass is 10.1. The van der Waals surface area contributed by atoms with Crippen LogP contribution in [0.25, 0.3) is 0 Å². The molecule has 1 fully saturated rings. The number of benzene rings is 2. The normalized spacial score (nSPS) is 16.8. The third-order valence-electron chi connectivity index (χ3n) is 4.52. The molecular formula is C21H23ClN2O3. The van der Waals surface area contributed by atoms with Crippen molar-refractivity contribution in [2.75, 3.05) is 25.0 Å². The van der Waals surface area contributed by atoms with E-state index in [9.17, 15) is 9.59 Å². The average Bonchev–Trinajstić information content (AvgIpc) is 2.67. The number of nitrogens with one attached hydrogen (secondary N) is 1. The predicted octanol–water partition coefficient (Wildman–Crippen LogP) is 3.77. The van der Waals surface area contributed by atoms with Crippen molar-refractivity contribution in [2.24, 2.45) is 0 Å². The van der Waals surface area contributed by atoms with Crippen LogP contribution in [0.4, 0.5) is 5.69 Å². The second kappa shape index (κ2) is 9.02. The number of amides is 2. The van der Waals surface area contributed by atoms with Crippen molar-refractivity contribution in [3.05, 3.63) is 64.7 Å². The molecule has 1 saturated heterocycles. The first-order valence-electron chi connectivity index (χ1n) is 9.07. The van der Waals surface area contributed by atoms with E-state index >= 15 is 0 Å². The number of carbonyl (C=O) groups excluding carboxylic acids is 2. The van der Waals surface area contributed by atoms with Crippen LogP contribution in [0.1, 0.15) is 29.3 Å². The Bertz CT molecular complexity index is 807. The van der Waals surface area contributed by atoms with Crippen molar-refractivity contribution in [1.82, 2.24) is 4.90 Å². The van der Waals surface area contributed by atoms with Crippen molar-refractivity contribution in [2.45, 2.75) is 25.9 Å². The number of anilines is 1. The summed E-state index contributed by atoms with van der Waals surface area (Å²) in [4.78, 5) is 26.5. The third-order valence-corrected chi connectivity index (χ3v) is 4.89. The maximum absolute atomic E-state index is 12.5. The van der Waals surface area contributed by atoms with Crippen LogP contribution in [0, 0.1) is 0 Å². The number of hydrogen-bond donors (Lipinski definition) is 1. The van der Waals surface area contributed by atoms with Gasteiger partial charge in [0.05, 0.1) is 12.7 Å². The molecule has 3 rings (SSSR count). The van der Waals surface area contributed by atoms with Crippen LogP contribution < -0.4 is 5.32 Å². The summed E-state index contributed by atoms with van der Waals surface area (Å²) in [6.45, 7) is 3.72. The molecule has 1 N–H and O–H groups in total. The van der Waals surface area contributed by atoms with Gasteiger partial charge in [0.15, 0.2) is 0 Å². The highest BCUT2D eigenvalue weighted by Gasteiger charge is 2.22. The molecule has 2 aromatic rings. The summed E-state index contributed by atoms with van der Waals surface area (Å²) in [6, 6.07) is 14.5. The molecule has 1 aliphatic rings. The number of aryl methyl sites for hydroxylation is 1. The minimum absolute atomic E-state index is 0.0123. The Morgan fingerprint density at radius 3 is 2.63 bits per heavy atom. The van der Waals surface area contributed by atoms with Gasteiger partial charge >= 0.3 is 0 Å². The number of nitrogens with zero attached hydrogens (tertiary/aromatic N) is 1. The van der Waals surface area contributed by atoms with Crippen LogP contribution in [-0.2, 0) is 16.0 Å². The highest BCUT2D eigenvalue weighted by Crippen LogP contribution is 2.18. The number of rotatable bonds is 5. The molecule has 0 saturated carbocycles. The largest absolute Gasteiger partial charge is 0.375 e. The fourth-order valence-electron chi connectivity index (χ4n) is 3.05. The fraction of sp³-hybridized carbons (Fsp3) is 0.333. The van der Waals surface area contributed by atoms with Crippen LogP contribution in [0.5, 0.6) is 0 Å². The highest BCUT2D eigenvalue weighted by atomic mass is 35.5. The van der Waals surface area contributed by atoms with Gasteiger partial charge in [-0.15, -0.1) is 0 Å². The topological polar surface area (TPSA) is 58.6 Å². The number of ether oxygens (including phenoxy) is 1. The Balaban J connectivity index is 1.53. The van der Waals surface area contributed by atoms with Gasteiger partial charge in [-0.2, -0.15) is 0 Å². The molecule has 5 nitrogen and oxygen atoms in total. The zero-order valence-electron chi connectivity index (χ0n) is 15.3. The average molecular weight is 387 g/mol. The van der Waals surface area contributed by atoms with Gasteiger partial charge in [0.25, 0.3) is 5.91 Å². The molecule has 1 heterocycles. The summed E-state index contributed by atoms with van der Waals surface area (Å²) < 4.78 is 5.47. The monoisotopic (exact) mass is 386 g/mol. The van der Waals surface area contributed by atoms with Gasteiger partial charge in [-0.25, -0.2) is 0 Å². The van der Waals surface area contributed by atoms with Gasteiger partial charge < -0.3 is 15.0 Å². The van der Waals surface area contributed by atoms with Gasteiger partial charge in [0.1, 0.15) is 0 Å². The lowest BCUT2D eigenvalue weighted by Crippen LogP contribution is -2.44. The zero-order valence-corrected chi connectivity index (χ0v) is 16.0. The summed E-state index contributed by atoms with van der Waals surface area (Å²) in [5.41, 5.74) is 2.24. The number of carbonyl (C=O) groups is 2. The first-order valence-corrected chi connectivity index (χ1v) is 9.45. The van der Waals surface area contributed by atoms with Crippen molar-refractivity contribution >= 4 is 29.1 Å². The lowest BCUT2D eigenvalue weighted by molar-refractivity contribution is -0.116. The first kappa shape index (κ1) is 19.4. The van der Waals surface area contributed by atoms with Gasteiger partial charge in [-0.3, -0.25) is 9.59 Å². The summed E-state index contributed by atoms with van der Waals surface area (Å²) in [5.74, 6) is -0.0993. The molecule has 2 amide bonds. The summed E-state index contributed by atoms with van der Waals surface area (Å²) in [5, 5.41) is 3.53. The van der Waals surface area contributed by atoms with Crippen LogP contribution >= 0.6 is 11.6 Å². The van der Waals surface area contributed by atoms with Gasteiger partial charge in [0.2, 0.25) is 5.91 Å². The number of halogens is 1. The van der Waals surface area contributed by atoms with Crippen LogP contribution in [-0.4, -0.2) is 42.5 Å². The van der Waals surface area contributed by atoms with Crippen molar-refractivity contribution < 1.29 is 14.3 Å². The number of morpholine rings is 1. The van der Waals surface area contributed by atoms with E-state index in [-0.39, 0.29) is 17.9 Å². The Labute approximate surface area is 164 Å². The molecule has 1 aliphatic heterocycles. The Morgan fingerprint density at radius 1 is 1.19 bits per heavy atom. The second-order valence-corrected chi connectivity index (χ2v) is 7.06. The standard InChI is InChI=1S/C21H23ClN2O3/c1-15-14-24(12-13-27-15)21(26)17-6-9-18(10-7-17)23-20(25)11-8-16-4-2-3-5-19(16)22/h2-7,9-10,15H,8,11-14H2,1H3,(H,23,25). The van der Waals surface area contributed by atoms with E-state index < -0.39 is 0 Å². The molecule has 1 atom stereocenters. The van der Waals surface area contributed by atoms with Crippen LogP contribution in [0.2, 0.25) is 5.02 Å². The summed E-state index contributed by atoms with van der Waals surface area (Å²) in [7, 11) is 0. The second-order valence-electron chi connectivity index (χ2n) is 6.65. The van der Waals surface area contributed by atoms with Crippen LogP contribution in [0.3, 0.4) is 0 Å². The predicted molar refractivity (Wildman–Crippen MR) is 106 cm³/mol. The number of hydrogen-bond acceptors (Lipinski definition) is 3. The van der Waals surface area contributed by atoms with Crippen molar-refractivity contribution in [3.63, 3.8) is 0 Å². The van der Waals surface area contributed by atoms with E-state index in [4.69, 9.17) is 16.3 Å². The highest BCUT2D eigenvalue weighted by molar-refractivity contribution is 6.31. The SMILES string of the molecule is CC1CN(C(=O)c2ccc(NC(=O)CCc3ccccc3Cl)cc2)CCO1. The van der Waals surface area contributed by atoms with E-state index in [2.05, 4.69) is 5.32 Å². The molecule has 0 spiro atoms. The van der Waals surface area contributed by atoms with Gasteiger partial charge in [0, 0.05) is 35.8 Å². The minimum Gasteiger partial charge on any atom is -0.375 e. The third kappa shape index (κ3) is 5.31. The fourth-order valence-corrected chi connectivity index (χ4v) is 3.28. The molecule has 1 unspecified atom stereocenters. The molecule has 0 radical (unpaired) electrons. The van der Waals surface area contributed by atoms with E-state index in [0.29, 0.717) is 48.8 Å². The van der Waals surface area contributed by atoms with Crippen molar-refractivity contribution in [3.8, 4) is 0 Å². The summed E-state index contributed by atoms with van der Waals surface area (Å²) >= 11 is 6.11. The molecular weight excluding hydrogens is 364 g/mol. The quantitative estimate of drug-likeness (QED) is 0.850. The van der Waals surface area contributed by atoms with Gasteiger partial charge in [-0.1, -0.05) is 29.8 Å². The molecule has 0 bridgehead atoms. The molecule has 0 aliphatic carbocycles. The molecule has 0 aromatic heterocycles. The molecule has 27 heavy (non-hydrogen) atoms. The van der Waals surface area contributed by atoms with Gasteiger partial charge in [-0.05, 0) is 49.2 Å². The maximum atomic E-state index is 12.5. The Kier molecular flexibility index (Phi) is 6.48. The smallest absolute Gasteiger partial charge is 0.254 e. The van der Waals surface area contributed by atoms with E-state index in [1.165, 1.54) is 0 Å². The summed E-state index contributed by atoms with van der Waals surface area (Å²) in [6.07, 6.45) is 0.979. The zero-order chi connectivity index (χ0) is 19.2. The van der Waals surface area contributed by atoms with E-state index in [1.807, 2.05) is 31.2 Å². The van der Waals surface area contributed by atoms with Crippen LogP contribution in [0.15, 0.2) is 48.5 Å². The Morgan fingerprint density at radius 2 is 1.93 bits per heavy atom. The Hall–Kier alpha value is -2.37. The first-order chi connectivity index (χ1) is 13.0. The maximum Gasteiger partial charge on any atom is 0.254 e. The molecule has 142 valence electrons. The molecule has 2 aromatic carbocycles. The molecule has 6 heteroatoms. The van der Waals surface area contributed by atoms with Crippen molar-refractivity contribution in [1.29, 1.82) is 0 Å². The lowest BCUT2D eigenvalue weighted by Gasteiger charge is -2.31. The van der Waals surface area contributed by atoms with E-state index in [0.717, 1.165) is 5.56 Å².